The standard InChI is InChI=1S/C9H12FNO/c1-12-9(6-11)7-4-2-3-5-8(7)10/h2-5,9H,6,11H2,1H3/t9-/m1/s1. The zero-order chi connectivity index (χ0) is 8.97. The Balaban J connectivity index is 2.92. The van der Waals surface area contributed by atoms with Crippen LogP contribution in [-0.2, 0) is 4.74 Å². The van der Waals surface area contributed by atoms with Gasteiger partial charge in [0.2, 0.25) is 0 Å². The first-order chi connectivity index (χ1) is 5.79. The molecule has 2 nitrogen and oxygen atoms in total. The second-order valence-corrected chi connectivity index (χ2v) is 2.48. The number of benzene rings is 1. The minimum Gasteiger partial charge on any atom is -0.375 e. The van der Waals surface area contributed by atoms with Gasteiger partial charge >= 0.3 is 0 Å². The van der Waals surface area contributed by atoms with Gasteiger partial charge in [0.25, 0.3) is 0 Å². The Kier molecular flexibility index (Phi) is 3.19. The summed E-state index contributed by atoms with van der Waals surface area (Å²) in [5, 5.41) is 0. The summed E-state index contributed by atoms with van der Waals surface area (Å²) in [5.74, 6) is -0.269. The minimum absolute atomic E-state index is 0.269. The third-order valence-corrected chi connectivity index (χ3v) is 1.75. The van der Waals surface area contributed by atoms with E-state index in [0.29, 0.717) is 5.56 Å². The Hall–Kier alpha value is -0.930. The van der Waals surface area contributed by atoms with E-state index in [1.807, 2.05) is 0 Å². The molecule has 2 N–H and O–H groups in total. The van der Waals surface area contributed by atoms with Crippen LogP contribution < -0.4 is 5.73 Å². The fourth-order valence-corrected chi connectivity index (χ4v) is 1.09. The van der Waals surface area contributed by atoms with Crippen molar-refractivity contribution in [3.05, 3.63) is 35.6 Å². The number of ether oxygens (including phenoxy) is 1. The molecule has 12 heavy (non-hydrogen) atoms. The van der Waals surface area contributed by atoms with E-state index in [9.17, 15) is 4.39 Å². The Morgan fingerprint density at radius 2 is 2.17 bits per heavy atom. The summed E-state index contributed by atoms with van der Waals surface area (Å²) in [6, 6.07) is 6.48. The topological polar surface area (TPSA) is 35.2 Å². The maximum atomic E-state index is 13.1. The minimum atomic E-state index is -0.341. The van der Waals surface area contributed by atoms with Gasteiger partial charge in [-0.05, 0) is 6.07 Å². The fraction of sp³-hybridized carbons (Fsp3) is 0.333. The smallest absolute Gasteiger partial charge is 0.129 e. The zero-order valence-corrected chi connectivity index (χ0v) is 6.96. The Morgan fingerprint density at radius 1 is 1.50 bits per heavy atom. The van der Waals surface area contributed by atoms with Gasteiger partial charge in [0.15, 0.2) is 0 Å². The van der Waals surface area contributed by atoms with Crippen LogP contribution in [0, 0.1) is 5.82 Å². The number of methoxy groups -OCH3 is 1. The van der Waals surface area contributed by atoms with Crippen molar-refractivity contribution in [1.82, 2.24) is 0 Å². The summed E-state index contributed by atoms with van der Waals surface area (Å²) in [4.78, 5) is 0. The molecule has 0 saturated heterocycles. The molecule has 0 aliphatic rings. The van der Waals surface area contributed by atoms with E-state index in [1.165, 1.54) is 13.2 Å². The van der Waals surface area contributed by atoms with Gasteiger partial charge in [-0.25, -0.2) is 4.39 Å². The second kappa shape index (κ2) is 4.18. The lowest BCUT2D eigenvalue weighted by molar-refractivity contribution is 0.107. The van der Waals surface area contributed by atoms with Crippen LogP contribution in [0.1, 0.15) is 11.7 Å². The summed E-state index contributed by atoms with van der Waals surface area (Å²) in [7, 11) is 1.52. The lowest BCUT2D eigenvalue weighted by atomic mass is 10.1. The van der Waals surface area contributed by atoms with E-state index < -0.39 is 0 Å². The highest BCUT2D eigenvalue weighted by Gasteiger charge is 2.11. The van der Waals surface area contributed by atoms with Crippen molar-refractivity contribution in [1.29, 1.82) is 0 Å². The average molecular weight is 169 g/mol. The first kappa shape index (κ1) is 9.16. The van der Waals surface area contributed by atoms with Crippen LogP contribution in [0.2, 0.25) is 0 Å². The van der Waals surface area contributed by atoms with Crippen molar-refractivity contribution in [2.75, 3.05) is 13.7 Å². The fourth-order valence-electron chi connectivity index (χ4n) is 1.09. The lowest BCUT2D eigenvalue weighted by Crippen LogP contribution is -2.15. The third-order valence-electron chi connectivity index (χ3n) is 1.75. The molecular weight excluding hydrogens is 157 g/mol. The Bertz CT molecular complexity index is 248. The summed E-state index contributed by atoms with van der Waals surface area (Å²) >= 11 is 0. The second-order valence-electron chi connectivity index (χ2n) is 2.48. The summed E-state index contributed by atoms with van der Waals surface area (Å²) < 4.78 is 18.1. The van der Waals surface area contributed by atoms with Crippen molar-refractivity contribution in [2.24, 2.45) is 5.73 Å². The van der Waals surface area contributed by atoms with E-state index in [0.717, 1.165) is 0 Å². The summed E-state index contributed by atoms with van der Waals surface area (Å²) in [5.41, 5.74) is 5.91. The third kappa shape index (κ3) is 1.81. The van der Waals surface area contributed by atoms with Gasteiger partial charge < -0.3 is 10.5 Å². The largest absolute Gasteiger partial charge is 0.375 e. The SMILES string of the molecule is CO[C@H](CN)c1ccccc1F. The number of hydrogen-bond acceptors (Lipinski definition) is 2. The number of nitrogens with two attached hydrogens (primary N) is 1. The van der Waals surface area contributed by atoms with Gasteiger partial charge in [0.05, 0.1) is 6.10 Å². The maximum absolute atomic E-state index is 13.1. The van der Waals surface area contributed by atoms with Crippen LogP contribution in [-0.4, -0.2) is 13.7 Å². The van der Waals surface area contributed by atoms with Crippen LogP contribution in [0.5, 0.6) is 0 Å². The van der Waals surface area contributed by atoms with E-state index >= 15 is 0 Å². The van der Waals surface area contributed by atoms with Crippen molar-refractivity contribution in [3.8, 4) is 0 Å². The van der Waals surface area contributed by atoms with Crippen molar-refractivity contribution >= 4 is 0 Å². The van der Waals surface area contributed by atoms with Crippen LogP contribution in [0.15, 0.2) is 24.3 Å². The van der Waals surface area contributed by atoms with Gasteiger partial charge in [-0.1, -0.05) is 18.2 Å². The molecule has 0 bridgehead atoms. The Morgan fingerprint density at radius 3 is 2.67 bits per heavy atom. The van der Waals surface area contributed by atoms with Gasteiger partial charge in [0, 0.05) is 19.2 Å². The molecule has 1 rings (SSSR count). The number of halogens is 1. The molecule has 66 valence electrons. The van der Waals surface area contributed by atoms with Crippen molar-refractivity contribution < 1.29 is 9.13 Å². The molecule has 0 aliphatic carbocycles. The molecule has 0 radical (unpaired) electrons. The highest BCUT2D eigenvalue weighted by atomic mass is 19.1. The molecular formula is C9H12FNO. The number of rotatable bonds is 3. The molecule has 0 saturated carbocycles. The van der Waals surface area contributed by atoms with E-state index in [4.69, 9.17) is 10.5 Å². The molecule has 0 aromatic heterocycles. The van der Waals surface area contributed by atoms with Gasteiger partial charge in [-0.2, -0.15) is 0 Å². The molecule has 1 atom stereocenters. The molecule has 1 aromatic rings. The molecule has 0 amide bonds. The van der Waals surface area contributed by atoms with Gasteiger partial charge in [0.1, 0.15) is 5.82 Å². The normalized spacial score (nSPS) is 12.9. The quantitative estimate of drug-likeness (QED) is 0.743. The zero-order valence-electron chi connectivity index (χ0n) is 6.96. The molecule has 0 fully saturated rings. The van der Waals surface area contributed by atoms with Crippen LogP contribution >= 0.6 is 0 Å². The van der Waals surface area contributed by atoms with Crippen molar-refractivity contribution in [2.45, 2.75) is 6.10 Å². The first-order valence-corrected chi connectivity index (χ1v) is 3.77. The van der Waals surface area contributed by atoms with Gasteiger partial charge in [-0.15, -0.1) is 0 Å². The van der Waals surface area contributed by atoms with E-state index in [-0.39, 0.29) is 18.5 Å². The van der Waals surface area contributed by atoms with Crippen LogP contribution in [0.25, 0.3) is 0 Å². The number of hydrogen-bond donors (Lipinski definition) is 1. The predicted molar refractivity (Wildman–Crippen MR) is 45.2 cm³/mol. The average Bonchev–Trinajstić information content (AvgIpc) is 2.10. The van der Waals surface area contributed by atoms with Crippen LogP contribution in [0.4, 0.5) is 4.39 Å². The molecule has 3 heteroatoms. The molecule has 0 heterocycles. The monoisotopic (exact) mass is 169 g/mol. The van der Waals surface area contributed by atoms with Gasteiger partial charge in [-0.3, -0.25) is 0 Å². The molecule has 1 aromatic carbocycles. The molecule has 0 unspecified atom stereocenters. The highest BCUT2D eigenvalue weighted by molar-refractivity contribution is 5.20. The maximum Gasteiger partial charge on any atom is 0.129 e. The van der Waals surface area contributed by atoms with Crippen molar-refractivity contribution in [3.63, 3.8) is 0 Å². The summed E-state index contributed by atoms with van der Waals surface area (Å²) in [6.07, 6.45) is -0.341. The van der Waals surface area contributed by atoms with E-state index in [1.54, 1.807) is 18.2 Å². The highest BCUT2D eigenvalue weighted by Crippen LogP contribution is 2.17. The molecule has 0 spiro atoms. The predicted octanol–water partition coefficient (Wildman–Crippen LogP) is 1.47. The first-order valence-electron chi connectivity index (χ1n) is 3.77. The lowest BCUT2D eigenvalue weighted by Gasteiger charge is -2.13. The van der Waals surface area contributed by atoms with Crippen LogP contribution in [0.3, 0.4) is 0 Å². The Labute approximate surface area is 71.1 Å². The summed E-state index contributed by atoms with van der Waals surface area (Å²) in [6.45, 7) is 0.289. The van der Waals surface area contributed by atoms with E-state index in [2.05, 4.69) is 0 Å². The molecule has 0 aliphatic heterocycles.